The molecule has 0 spiro atoms. The molecule has 1 aromatic heterocycles. The average Bonchev–Trinajstić information content (AvgIpc) is 2.90. The van der Waals surface area contributed by atoms with Crippen LogP contribution in [-0.2, 0) is 22.3 Å². The van der Waals surface area contributed by atoms with Gasteiger partial charge in [-0.15, -0.1) is 0 Å². The predicted octanol–water partition coefficient (Wildman–Crippen LogP) is 1.60. The van der Waals surface area contributed by atoms with Crippen LogP contribution < -0.4 is 5.32 Å². The molecule has 0 aromatic carbocycles. The summed E-state index contributed by atoms with van der Waals surface area (Å²) in [5.74, 6) is 1.41. The highest BCUT2D eigenvalue weighted by atomic mass is 16.5. The highest BCUT2D eigenvalue weighted by molar-refractivity contribution is 4.89. The number of ether oxygens (including phenoxy) is 2. The van der Waals surface area contributed by atoms with E-state index in [0.717, 1.165) is 25.8 Å². The SMILES string of the molecule is CCCNC(CC)Cc1nc(CCOCCOC)no1. The first-order chi connectivity index (χ1) is 9.80. The van der Waals surface area contributed by atoms with E-state index in [0.29, 0.717) is 44.0 Å². The van der Waals surface area contributed by atoms with E-state index >= 15 is 0 Å². The van der Waals surface area contributed by atoms with Gasteiger partial charge in [-0.25, -0.2) is 0 Å². The Kier molecular flexibility index (Phi) is 9.19. The van der Waals surface area contributed by atoms with Gasteiger partial charge in [0.25, 0.3) is 0 Å². The Morgan fingerprint density at radius 1 is 1.25 bits per heavy atom. The third-order valence-corrected chi connectivity index (χ3v) is 3.01. The van der Waals surface area contributed by atoms with E-state index in [4.69, 9.17) is 14.0 Å². The largest absolute Gasteiger partial charge is 0.382 e. The van der Waals surface area contributed by atoms with Crippen LogP contribution in [0.5, 0.6) is 0 Å². The first-order valence-corrected chi connectivity index (χ1v) is 7.41. The van der Waals surface area contributed by atoms with Gasteiger partial charge >= 0.3 is 0 Å². The normalized spacial score (nSPS) is 12.8. The smallest absolute Gasteiger partial charge is 0.228 e. The molecule has 1 unspecified atom stereocenters. The zero-order chi connectivity index (χ0) is 14.6. The molecule has 6 heteroatoms. The van der Waals surface area contributed by atoms with Crippen LogP contribution in [0.15, 0.2) is 4.52 Å². The maximum Gasteiger partial charge on any atom is 0.228 e. The summed E-state index contributed by atoms with van der Waals surface area (Å²) in [4.78, 5) is 4.39. The maximum absolute atomic E-state index is 5.38. The molecule has 20 heavy (non-hydrogen) atoms. The number of aromatic nitrogens is 2. The predicted molar refractivity (Wildman–Crippen MR) is 76.8 cm³/mol. The lowest BCUT2D eigenvalue weighted by atomic mass is 10.1. The summed E-state index contributed by atoms with van der Waals surface area (Å²) in [6.07, 6.45) is 3.64. The molecule has 0 fully saturated rings. The summed E-state index contributed by atoms with van der Waals surface area (Å²) in [5.41, 5.74) is 0. The molecule has 1 N–H and O–H groups in total. The number of hydrogen-bond acceptors (Lipinski definition) is 6. The second kappa shape index (κ2) is 10.8. The van der Waals surface area contributed by atoms with Crippen molar-refractivity contribution in [3.63, 3.8) is 0 Å². The van der Waals surface area contributed by atoms with Crippen LogP contribution >= 0.6 is 0 Å². The van der Waals surface area contributed by atoms with Crippen LogP contribution in [0.3, 0.4) is 0 Å². The lowest BCUT2D eigenvalue weighted by Gasteiger charge is -2.13. The number of methoxy groups -OCH3 is 1. The van der Waals surface area contributed by atoms with Gasteiger partial charge in [-0.2, -0.15) is 4.98 Å². The Hall–Kier alpha value is -0.980. The van der Waals surface area contributed by atoms with E-state index in [1.165, 1.54) is 0 Å². The number of nitrogens with zero attached hydrogens (tertiary/aromatic N) is 2. The van der Waals surface area contributed by atoms with Crippen LogP contribution in [0.25, 0.3) is 0 Å². The van der Waals surface area contributed by atoms with Crippen LogP contribution in [0, 0.1) is 0 Å². The molecular formula is C14H27N3O3. The molecule has 0 bridgehead atoms. The quantitative estimate of drug-likeness (QED) is 0.588. The van der Waals surface area contributed by atoms with E-state index in [2.05, 4.69) is 29.3 Å². The average molecular weight is 285 g/mol. The van der Waals surface area contributed by atoms with Crippen molar-refractivity contribution in [3.05, 3.63) is 11.7 Å². The van der Waals surface area contributed by atoms with Crippen LogP contribution in [0.4, 0.5) is 0 Å². The van der Waals surface area contributed by atoms with Gasteiger partial charge in [0.2, 0.25) is 5.89 Å². The molecule has 0 aliphatic rings. The van der Waals surface area contributed by atoms with Gasteiger partial charge in [-0.05, 0) is 19.4 Å². The van der Waals surface area contributed by atoms with E-state index in [9.17, 15) is 0 Å². The monoisotopic (exact) mass is 285 g/mol. The number of hydrogen-bond donors (Lipinski definition) is 1. The van der Waals surface area contributed by atoms with Crippen LogP contribution in [0.2, 0.25) is 0 Å². The molecule has 6 nitrogen and oxygen atoms in total. The maximum atomic E-state index is 5.38. The zero-order valence-corrected chi connectivity index (χ0v) is 12.9. The molecule has 116 valence electrons. The minimum Gasteiger partial charge on any atom is -0.382 e. The molecule has 1 rings (SSSR count). The summed E-state index contributed by atoms with van der Waals surface area (Å²) >= 11 is 0. The fourth-order valence-electron chi connectivity index (χ4n) is 1.80. The minimum atomic E-state index is 0.404. The first kappa shape index (κ1) is 17.1. The second-order valence-electron chi connectivity index (χ2n) is 4.72. The second-order valence-corrected chi connectivity index (χ2v) is 4.72. The molecular weight excluding hydrogens is 258 g/mol. The van der Waals surface area contributed by atoms with Gasteiger partial charge in [0.1, 0.15) is 0 Å². The molecule has 1 aromatic rings. The highest BCUT2D eigenvalue weighted by Gasteiger charge is 2.12. The van der Waals surface area contributed by atoms with E-state index in [-0.39, 0.29) is 0 Å². The summed E-state index contributed by atoms with van der Waals surface area (Å²) in [5, 5.41) is 7.45. The van der Waals surface area contributed by atoms with Gasteiger partial charge in [0.05, 0.1) is 19.8 Å². The standard InChI is InChI=1S/C14H27N3O3/c1-4-7-15-12(5-2)11-14-16-13(17-20-14)6-8-19-10-9-18-3/h12,15H,4-11H2,1-3H3. The summed E-state index contributed by atoms with van der Waals surface area (Å²) < 4.78 is 15.6. The number of nitrogens with one attached hydrogen (secondary N) is 1. The van der Waals surface area contributed by atoms with Crippen molar-refractivity contribution in [3.8, 4) is 0 Å². The van der Waals surface area contributed by atoms with Crippen LogP contribution in [0.1, 0.15) is 38.4 Å². The molecule has 0 saturated heterocycles. The molecule has 0 saturated carbocycles. The lowest BCUT2D eigenvalue weighted by molar-refractivity contribution is 0.0714. The molecule has 1 atom stereocenters. The van der Waals surface area contributed by atoms with Crippen molar-refractivity contribution < 1.29 is 14.0 Å². The summed E-state index contributed by atoms with van der Waals surface area (Å²) in [7, 11) is 1.66. The minimum absolute atomic E-state index is 0.404. The van der Waals surface area contributed by atoms with Gasteiger partial charge in [-0.3, -0.25) is 0 Å². The third-order valence-electron chi connectivity index (χ3n) is 3.01. The molecule has 0 radical (unpaired) electrons. The van der Waals surface area contributed by atoms with Crippen molar-refractivity contribution in [2.45, 2.75) is 45.6 Å². The zero-order valence-electron chi connectivity index (χ0n) is 12.9. The third kappa shape index (κ3) is 6.98. The molecule has 0 amide bonds. The summed E-state index contributed by atoms with van der Waals surface area (Å²) in [6.45, 7) is 7.14. The first-order valence-electron chi connectivity index (χ1n) is 7.41. The summed E-state index contributed by atoms with van der Waals surface area (Å²) in [6, 6.07) is 0.404. The van der Waals surface area contributed by atoms with Gasteiger partial charge in [0.15, 0.2) is 5.82 Å². The lowest BCUT2D eigenvalue weighted by Crippen LogP contribution is -2.31. The Labute approximate surface area is 121 Å². The van der Waals surface area contributed by atoms with E-state index in [1.54, 1.807) is 7.11 Å². The van der Waals surface area contributed by atoms with Crippen molar-refractivity contribution in [2.24, 2.45) is 0 Å². The topological polar surface area (TPSA) is 69.4 Å². The Morgan fingerprint density at radius 2 is 2.10 bits per heavy atom. The fourth-order valence-corrected chi connectivity index (χ4v) is 1.80. The van der Waals surface area contributed by atoms with Gasteiger partial charge in [-0.1, -0.05) is 19.0 Å². The van der Waals surface area contributed by atoms with Crippen molar-refractivity contribution in [1.82, 2.24) is 15.5 Å². The van der Waals surface area contributed by atoms with E-state index in [1.807, 2.05) is 0 Å². The van der Waals surface area contributed by atoms with Crippen LogP contribution in [-0.4, -0.2) is 49.7 Å². The van der Waals surface area contributed by atoms with Gasteiger partial charge in [0, 0.05) is 26.0 Å². The van der Waals surface area contributed by atoms with Crippen molar-refractivity contribution >= 4 is 0 Å². The Bertz CT molecular complexity index is 344. The van der Waals surface area contributed by atoms with Crippen molar-refractivity contribution in [1.29, 1.82) is 0 Å². The van der Waals surface area contributed by atoms with E-state index < -0.39 is 0 Å². The highest BCUT2D eigenvalue weighted by Crippen LogP contribution is 2.05. The molecule has 0 aliphatic heterocycles. The van der Waals surface area contributed by atoms with Crippen molar-refractivity contribution in [2.75, 3.05) is 33.5 Å². The fraction of sp³-hybridized carbons (Fsp3) is 0.857. The Morgan fingerprint density at radius 3 is 2.80 bits per heavy atom. The number of rotatable bonds is 12. The Balaban J connectivity index is 2.27. The van der Waals surface area contributed by atoms with Gasteiger partial charge < -0.3 is 19.3 Å². The molecule has 0 aliphatic carbocycles. The molecule has 1 heterocycles.